The first-order valence-electron chi connectivity index (χ1n) is 12.4. The lowest BCUT2D eigenvalue weighted by Gasteiger charge is -2.21. The fourth-order valence-electron chi connectivity index (χ4n) is 4.13. The quantitative estimate of drug-likeness (QED) is 0.177. The Morgan fingerprint density at radius 2 is 1.78 bits per heavy atom. The molecule has 0 aliphatic carbocycles. The molecule has 7 heteroatoms. The largest absolute Gasteiger partial charge is 0.507 e. The lowest BCUT2D eigenvalue weighted by Crippen LogP contribution is -2.30. The number of nitrogens with zero attached hydrogens (tertiary/aromatic N) is 1. The van der Waals surface area contributed by atoms with Gasteiger partial charge in [0.15, 0.2) is 11.5 Å². The third-order valence-corrected chi connectivity index (χ3v) is 6.16. The lowest BCUT2D eigenvalue weighted by molar-refractivity contribution is -0.138. The Balaban J connectivity index is 1.62. The number of phenolic OH excluding ortho intramolecular Hbond substituents is 1. The number of rotatable bonds is 13. The average molecular weight is 501 g/mol. The molecule has 3 aromatic carbocycles. The minimum Gasteiger partial charge on any atom is -0.507 e. The summed E-state index contributed by atoms with van der Waals surface area (Å²) >= 11 is 0. The van der Waals surface area contributed by atoms with Crippen molar-refractivity contribution in [2.45, 2.75) is 58.1 Å². The minimum atomic E-state index is -0.954. The van der Waals surface area contributed by atoms with Gasteiger partial charge in [-0.05, 0) is 56.4 Å². The van der Waals surface area contributed by atoms with Gasteiger partial charge in [0, 0.05) is 17.3 Å². The highest BCUT2D eigenvalue weighted by Gasteiger charge is 2.20. The van der Waals surface area contributed by atoms with Gasteiger partial charge >= 0.3 is 5.97 Å². The molecule has 3 rings (SSSR count). The van der Waals surface area contributed by atoms with Crippen molar-refractivity contribution in [1.82, 2.24) is 0 Å². The minimum absolute atomic E-state index is 0.145. The Labute approximate surface area is 217 Å². The summed E-state index contributed by atoms with van der Waals surface area (Å²) in [6.07, 6.45) is 3.10. The van der Waals surface area contributed by atoms with Gasteiger partial charge < -0.3 is 20.3 Å². The summed E-state index contributed by atoms with van der Waals surface area (Å²) in [4.78, 5) is 28.0. The van der Waals surface area contributed by atoms with Crippen LogP contribution in [-0.4, -0.2) is 34.1 Å². The lowest BCUT2D eigenvalue weighted by atomic mass is 10.0. The van der Waals surface area contributed by atoms with E-state index in [1.165, 1.54) is 6.07 Å². The van der Waals surface area contributed by atoms with E-state index in [9.17, 15) is 19.8 Å². The molecule has 0 saturated heterocycles. The number of anilines is 1. The van der Waals surface area contributed by atoms with Crippen LogP contribution in [-0.2, 0) is 4.79 Å². The van der Waals surface area contributed by atoms with Gasteiger partial charge in [0.2, 0.25) is 0 Å². The van der Waals surface area contributed by atoms with Crippen LogP contribution in [0.4, 0.5) is 11.4 Å². The number of hydrogen-bond donors (Lipinski definition) is 3. The molecular formula is C30H32N2O5. The Kier molecular flexibility index (Phi) is 9.68. The highest BCUT2D eigenvalue weighted by atomic mass is 16.5. The molecule has 0 radical (unpaired) electrons. The van der Waals surface area contributed by atoms with Crippen molar-refractivity contribution in [3.63, 3.8) is 0 Å². The summed E-state index contributed by atoms with van der Waals surface area (Å²) in [5.74, 6) is -0.905. The number of carbonyl (C=O) groups excluding carboxylic acids is 1. The molecule has 37 heavy (non-hydrogen) atoms. The highest BCUT2D eigenvalue weighted by molar-refractivity contribution is 6.10. The summed E-state index contributed by atoms with van der Waals surface area (Å²) < 4.78 is 6.11. The number of carbonyl (C=O) groups is 2. The maximum Gasteiger partial charge on any atom is 0.326 e. The van der Waals surface area contributed by atoms with Crippen molar-refractivity contribution < 1.29 is 24.5 Å². The van der Waals surface area contributed by atoms with Crippen molar-refractivity contribution in [2.75, 3.05) is 5.32 Å². The second kappa shape index (κ2) is 13.1. The van der Waals surface area contributed by atoms with E-state index in [0.29, 0.717) is 42.0 Å². The molecule has 0 aliphatic heterocycles. The summed E-state index contributed by atoms with van der Waals surface area (Å²) in [6.45, 7) is 11.1. The Morgan fingerprint density at radius 1 is 1.03 bits per heavy atom. The number of benzene rings is 3. The van der Waals surface area contributed by atoms with E-state index in [1.807, 2.05) is 19.9 Å². The van der Waals surface area contributed by atoms with Crippen molar-refractivity contribution in [2.24, 2.45) is 0 Å². The number of carboxylic acids is 1. The van der Waals surface area contributed by atoms with E-state index in [4.69, 9.17) is 11.3 Å². The molecule has 0 heterocycles. The average Bonchev–Trinajstić information content (AvgIpc) is 2.89. The molecule has 0 amide bonds. The molecule has 3 aromatic rings. The Bertz CT molecular complexity index is 1270. The zero-order valence-electron chi connectivity index (χ0n) is 21.1. The Morgan fingerprint density at radius 3 is 2.43 bits per heavy atom. The van der Waals surface area contributed by atoms with Crippen LogP contribution >= 0.6 is 0 Å². The number of phenols is 1. The SMILES string of the molecule is [C-]#[N+]c1ccc(C)c(NC(CCCC(CCC)Oc2ccc(C(=O)c3ccccc3)c(O)c2)C(=O)O)c1. The van der Waals surface area contributed by atoms with Gasteiger partial charge in [-0.1, -0.05) is 55.8 Å². The van der Waals surface area contributed by atoms with Crippen molar-refractivity contribution in [3.05, 3.63) is 94.8 Å². The maximum absolute atomic E-state index is 12.7. The molecule has 0 bridgehead atoms. The van der Waals surface area contributed by atoms with Gasteiger partial charge in [0.25, 0.3) is 0 Å². The van der Waals surface area contributed by atoms with Crippen molar-refractivity contribution in [3.8, 4) is 11.5 Å². The molecule has 0 aromatic heterocycles. The summed E-state index contributed by atoms with van der Waals surface area (Å²) in [6, 6.07) is 17.8. The molecule has 0 spiro atoms. The highest BCUT2D eigenvalue weighted by Crippen LogP contribution is 2.28. The summed E-state index contributed by atoms with van der Waals surface area (Å²) in [7, 11) is 0. The van der Waals surface area contributed by atoms with Gasteiger partial charge in [0.05, 0.1) is 18.2 Å². The smallest absolute Gasteiger partial charge is 0.326 e. The van der Waals surface area contributed by atoms with Crippen LogP contribution in [0.25, 0.3) is 4.85 Å². The van der Waals surface area contributed by atoms with Gasteiger partial charge in [-0.25, -0.2) is 9.64 Å². The molecule has 0 saturated carbocycles. The second-order valence-corrected chi connectivity index (χ2v) is 8.98. The number of aryl methyl sites for hydroxylation is 1. The van der Waals surface area contributed by atoms with Gasteiger partial charge in [0.1, 0.15) is 17.5 Å². The van der Waals surface area contributed by atoms with Gasteiger partial charge in [-0.2, -0.15) is 0 Å². The fraction of sp³-hybridized carbons (Fsp3) is 0.300. The number of ether oxygens (including phenoxy) is 1. The van der Waals surface area contributed by atoms with Gasteiger partial charge in [-0.3, -0.25) is 4.79 Å². The van der Waals surface area contributed by atoms with Crippen LogP contribution in [0, 0.1) is 13.5 Å². The third kappa shape index (κ3) is 7.58. The number of hydrogen-bond acceptors (Lipinski definition) is 5. The van der Waals surface area contributed by atoms with Crippen molar-refractivity contribution in [1.29, 1.82) is 0 Å². The fourth-order valence-corrected chi connectivity index (χ4v) is 4.13. The molecular weight excluding hydrogens is 468 g/mol. The number of aromatic hydroxyl groups is 1. The number of ketones is 1. The van der Waals surface area contributed by atoms with Crippen LogP contribution in [0.15, 0.2) is 66.7 Å². The van der Waals surface area contributed by atoms with Crippen LogP contribution in [0.1, 0.15) is 60.5 Å². The van der Waals surface area contributed by atoms with Crippen LogP contribution in [0.2, 0.25) is 0 Å². The molecule has 0 aliphatic rings. The number of nitrogens with one attached hydrogen (secondary N) is 1. The zero-order valence-corrected chi connectivity index (χ0v) is 21.1. The van der Waals surface area contributed by atoms with E-state index in [1.54, 1.807) is 54.6 Å². The van der Waals surface area contributed by atoms with E-state index in [2.05, 4.69) is 10.2 Å². The van der Waals surface area contributed by atoms with Crippen LogP contribution in [0.5, 0.6) is 11.5 Å². The van der Waals surface area contributed by atoms with E-state index in [-0.39, 0.29) is 23.2 Å². The molecule has 3 N–H and O–H groups in total. The van der Waals surface area contributed by atoms with E-state index >= 15 is 0 Å². The first-order valence-corrected chi connectivity index (χ1v) is 12.4. The topological polar surface area (TPSA) is 100 Å². The van der Waals surface area contributed by atoms with Crippen molar-refractivity contribution >= 4 is 23.1 Å². The maximum atomic E-state index is 12.7. The first-order chi connectivity index (χ1) is 17.8. The molecule has 0 fully saturated rings. The molecule has 7 nitrogen and oxygen atoms in total. The normalized spacial score (nSPS) is 12.2. The summed E-state index contributed by atoms with van der Waals surface area (Å²) in [5.41, 5.74) is 2.67. The molecule has 2 atom stereocenters. The van der Waals surface area contributed by atoms with E-state index in [0.717, 1.165) is 18.4 Å². The predicted octanol–water partition coefficient (Wildman–Crippen LogP) is 6.77. The second-order valence-electron chi connectivity index (χ2n) is 8.98. The number of carboxylic acid groups (broad SMARTS) is 1. The molecule has 192 valence electrons. The Hall–Kier alpha value is -4.31. The third-order valence-electron chi connectivity index (χ3n) is 6.16. The standard InChI is InChI=1S/C30H32N2O5/c1-4-9-23(12-8-13-26(30(35)36)32-27-18-22(31-3)15-14-20(27)2)37-24-16-17-25(28(33)19-24)29(34)21-10-6-5-7-11-21/h5-7,10-11,14-19,23,26,32-33H,4,8-9,12-13H2,1-2H3,(H,35,36). The first kappa shape index (κ1) is 27.3. The van der Waals surface area contributed by atoms with Crippen LogP contribution in [0.3, 0.4) is 0 Å². The number of aliphatic carboxylic acids is 1. The zero-order chi connectivity index (χ0) is 26.8. The van der Waals surface area contributed by atoms with Crippen LogP contribution < -0.4 is 10.1 Å². The van der Waals surface area contributed by atoms with Gasteiger partial charge in [-0.15, -0.1) is 0 Å². The molecule has 2 unspecified atom stereocenters. The van der Waals surface area contributed by atoms with E-state index < -0.39 is 12.0 Å². The predicted molar refractivity (Wildman–Crippen MR) is 144 cm³/mol. The summed E-state index contributed by atoms with van der Waals surface area (Å²) in [5, 5.41) is 23.3. The monoisotopic (exact) mass is 500 g/mol.